The van der Waals surface area contributed by atoms with E-state index in [4.69, 9.17) is 5.26 Å². The predicted molar refractivity (Wildman–Crippen MR) is 70.8 cm³/mol. The summed E-state index contributed by atoms with van der Waals surface area (Å²) in [6, 6.07) is 11.6. The smallest absolute Gasteiger partial charge is 0.234 e. The van der Waals surface area contributed by atoms with Crippen LogP contribution in [0.3, 0.4) is 0 Å². The third kappa shape index (κ3) is 2.74. The third-order valence-electron chi connectivity index (χ3n) is 2.41. The average Bonchev–Trinajstić information content (AvgIpc) is 2.39. The zero-order valence-electron chi connectivity index (χ0n) is 10.3. The number of aromatic nitrogens is 2. The van der Waals surface area contributed by atoms with Gasteiger partial charge >= 0.3 is 0 Å². The van der Waals surface area contributed by atoms with Crippen LogP contribution < -0.4 is 10.2 Å². The van der Waals surface area contributed by atoms with Crippen molar-refractivity contribution >= 4 is 17.2 Å². The van der Waals surface area contributed by atoms with Gasteiger partial charge in [0.05, 0.1) is 0 Å². The molecule has 2 rings (SSSR count). The molecular weight excluding hydrogens is 226 g/mol. The Bertz CT molecular complexity index is 569. The molecule has 0 unspecified atom stereocenters. The fraction of sp³-hybridized carbons (Fsp3) is 0.154. The van der Waals surface area contributed by atoms with Crippen LogP contribution in [0, 0.1) is 11.3 Å². The van der Waals surface area contributed by atoms with Crippen molar-refractivity contribution in [2.45, 2.75) is 0 Å². The highest BCUT2D eigenvalue weighted by atomic mass is 15.1. The quantitative estimate of drug-likeness (QED) is 0.889. The summed E-state index contributed by atoms with van der Waals surface area (Å²) in [5, 5.41) is 11.8. The minimum atomic E-state index is 0.157. The molecule has 0 fully saturated rings. The van der Waals surface area contributed by atoms with Crippen molar-refractivity contribution in [3.8, 4) is 6.07 Å². The van der Waals surface area contributed by atoms with Gasteiger partial charge < -0.3 is 10.2 Å². The van der Waals surface area contributed by atoms with Crippen molar-refractivity contribution in [2.24, 2.45) is 0 Å². The van der Waals surface area contributed by atoms with Crippen molar-refractivity contribution < 1.29 is 0 Å². The van der Waals surface area contributed by atoms with Gasteiger partial charge in [-0.25, -0.2) is 9.97 Å². The molecule has 90 valence electrons. The van der Waals surface area contributed by atoms with E-state index in [2.05, 4.69) is 15.3 Å². The molecule has 2 aromatic rings. The molecule has 18 heavy (non-hydrogen) atoms. The van der Waals surface area contributed by atoms with Gasteiger partial charge in [-0.3, -0.25) is 0 Å². The second-order valence-electron chi connectivity index (χ2n) is 3.94. The van der Waals surface area contributed by atoms with Crippen LogP contribution in [0.1, 0.15) is 5.82 Å². The first-order chi connectivity index (χ1) is 8.69. The summed E-state index contributed by atoms with van der Waals surface area (Å²) in [7, 11) is 3.98. The Morgan fingerprint density at radius 2 is 1.89 bits per heavy atom. The molecule has 0 aliphatic rings. The van der Waals surface area contributed by atoms with Crippen LogP contribution in [0.15, 0.2) is 36.5 Å². The molecule has 1 aromatic carbocycles. The van der Waals surface area contributed by atoms with Crippen LogP contribution in [0.2, 0.25) is 0 Å². The Morgan fingerprint density at radius 1 is 1.17 bits per heavy atom. The van der Waals surface area contributed by atoms with E-state index in [0.717, 1.165) is 11.4 Å². The van der Waals surface area contributed by atoms with Crippen molar-refractivity contribution in [2.75, 3.05) is 24.3 Å². The molecule has 5 nitrogen and oxygen atoms in total. The molecule has 0 aliphatic heterocycles. The molecular formula is C13H13N5. The summed E-state index contributed by atoms with van der Waals surface area (Å²) >= 11 is 0. The highest BCUT2D eigenvalue weighted by molar-refractivity contribution is 5.60. The topological polar surface area (TPSA) is 64.8 Å². The maximum atomic E-state index is 8.72. The van der Waals surface area contributed by atoms with Gasteiger partial charge in [0, 0.05) is 31.7 Å². The maximum Gasteiger partial charge on any atom is 0.234 e. The zero-order valence-corrected chi connectivity index (χ0v) is 10.3. The van der Waals surface area contributed by atoms with E-state index in [0.29, 0.717) is 5.82 Å². The fourth-order valence-electron chi connectivity index (χ4n) is 1.47. The van der Waals surface area contributed by atoms with Crippen LogP contribution >= 0.6 is 0 Å². The lowest BCUT2D eigenvalue weighted by Gasteiger charge is -2.13. The summed E-state index contributed by atoms with van der Waals surface area (Å²) in [5.41, 5.74) is 2.05. The molecule has 1 N–H and O–H groups in total. The van der Waals surface area contributed by atoms with Gasteiger partial charge in [-0.1, -0.05) is 0 Å². The monoisotopic (exact) mass is 239 g/mol. The van der Waals surface area contributed by atoms with E-state index in [-0.39, 0.29) is 5.82 Å². The highest BCUT2D eigenvalue weighted by Gasteiger charge is 2.00. The molecule has 0 bridgehead atoms. The molecule has 0 saturated carbocycles. The number of benzene rings is 1. The second-order valence-corrected chi connectivity index (χ2v) is 3.94. The Balaban J connectivity index is 2.16. The van der Waals surface area contributed by atoms with E-state index < -0.39 is 0 Å². The standard InChI is InChI=1S/C13H13N5/c1-18(2)11-5-3-10(4-6-11)16-12-7-8-15-13(9-14)17-12/h3-8H,1-2H3,(H,15,16,17). The highest BCUT2D eigenvalue weighted by Crippen LogP contribution is 2.18. The first-order valence-corrected chi connectivity index (χ1v) is 5.46. The molecule has 0 aliphatic carbocycles. The molecule has 5 heteroatoms. The lowest BCUT2D eigenvalue weighted by atomic mass is 10.2. The second kappa shape index (κ2) is 5.15. The van der Waals surface area contributed by atoms with Crippen LogP contribution in [0.4, 0.5) is 17.2 Å². The van der Waals surface area contributed by atoms with Gasteiger partial charge in [-0.05, 0) is 30.3 Å². The largest absolute Gasteiger partial charge is 0.378 e. The number of hydrogen-bond donors (Lipinski definition) is 1. The van der Waals surface area contributed by atoms with E-state index in [1.54, 1.807) is 12.3 Å². The molecule has 0 amide bonds. The summed E-state index contributed by atoms with van der Waals surface area (Å²) in [6.07, 6.45) is 1.56. The van der Waals surface area contributed by atoms with E-state index in [1.165, 1.54) is 0 Å². The van der Waals surface area contributed by atoms with Crippen LogP contribution in [0.25, 0.3) is 0 Å². The van der Waals surface area contributed by atoms with Gasteiger partial charge in [0.2, 0.25) is 5.82 Å². The summed E-state index contributed by atoms with van der Waals surface area (Å²) < 4.78 is 0. The number of rotatable bonds is 3. The number of anilines is 3. The summed E-state index contributed by atoms with van der Waals surface area (Å²) in [5.74, 6) is 0.768. The van der Waals surface area contributed by atoms with Gasteiger partial charge in [0.1, 0.15) is 11.9 Å². The Morgan fingerprint density at radius 3 is 2.50 bits per heavy atom. The van der Waals surface area contributed by atoms with Crippen molar-refractivity contribution in [1.82, 2.24) is 9.97 Å². The molecule has 0 spiro atoms. The number of nitrogens with one attached hydrogen (secondary N) is 1. The van der Waals surface area contributed by atoms with Crippen molar-refractivity contribution in [3.63, 3.8) is 0 Å². The Kier molecular flexibility index (Phi) is 3.39. The normalized spacial score (nSPS) is 9.61. The molecule has 0 radical (unpaired) electrons. The number of hydrogen-bond acceptors (Lipinski definition) is 5. The lowest BCUT2D eigenvalue weighted by molar-refractivity contribution is 1.11. The minimum absolute atomic E-state index is 0.157. The van der Waals surface area contributed by atoms with Gasteiger partial charge in [0.25, 0.3) is 0 Å². The van der Waals surface area contributed by atoms with E-state index in [1.807, 2.05) is 49.3 Å². The Hall–Kier alpha value is -2.61. The van der Waals surface area contributed by atoms with Crippen LogP contribution in [0.5, 0.6) is 0 Å². The fourth-order valence-corrected chi connectivity index (χ4v) is 1.47. The van der Waals surface area contributed by atoms with Gasteiger partial charge in [0.15, 0.2) is 0 Å². The number of nitrogens with zero attached hydrogens (tertiary/aromatic N) is 4. The third-order valence-corrected chi connectivity index (χ3v) is 2.41. The van der Waals surface area contributed by atoms with E-state index >= 15 is 0 Å². The summed E-state index contributed by atoms with van der Waals surface area (Å²) in [6.45, 7) is 0. The van der Waals surface area contributed by atoms with Gasteiger partial charge in [-0.2, -0.15) is 5.26 Å². The van der Waals surface area contributed by atoms with Crippen LogP contribution in [-0.2, 0) is 0 Å². The molecule has 0 saturated heterocycles. The number of nitriles is 1. The van der Waals surface area contributed by atoms with Crippen molar-refractivity contribution in [3.05, 3.63) is 42.4 Å². The first-order valence-electron chi connectivity index (χ1n) is 5.46. The van der Waals surface area contributed by atoms with Crippen LogP contribution in [-0.4, -0.2) is 24.1 Å². The molecule has 1 heterocycles. The Labute approximate surface area is 106 Å². The first kappa shape index (κ1) is 11.9. The average molecular weight is 239 g/mol. The van der Waals surface area contributed by atoms with E-state index in [9.17, 15) is 0 Å². The molecule has 1 aromatic heterocycles. The van der Waals surface area contributed by atoms with Gasteiger partial charge in [-0.15, -0.1) is 0 Å². The SMILES string of the molecule is CN(C)c1ccc(Nc2ccnc(C#N)n2)cc1. The molecule has 0 atom stereocenters. The predicted octanol–water partition coefficient (Wildman–Crippen LogP) is 2.16. The van der Waals surface area contributed by atoms with Crippen molar-refractivity contribution in [1.29, 1.82) is 5.26 Å². The minimum Gasteiger partial charge on any atom is -0.378 e. The summed E-state index contributed by atoms with van der Waals surface area (Å²) in [4.78, 5) is 9.90. The lowest BCUT2D eigenvalue weighted by Crippen LogP contribution is -2.08. The maximum absolute atomic E-state index is 8.72. The zero-order chi connectivity index (χ0) is 13.0.